The lowest BCUT2D eigenvalue weighted by molar-refractivity contribution is 0.495. The summed E-state index contributed by atoms with van der Waals surface area (Å²) in [5, 5.41) is 0. The van der Waals surface area contributed by atoms with Crippen LogP contribution in [0.25, 0.3) is 11.3 Å². The Kier molecular flexibility index (Phi) is 4.39. The van der Waals surface area contributed by atoms with Gasteiger partial charge in [-0.05, 0) is 50.1 Å². The van der Waals surface area contributed by atoms with E-state index < -0.39 is 10.0 Å². The van der Waals surface area contributed by atoms with E-state index in [1.807, 2.05) is 32.9 Å². The first-order valence-electron chi connectivity index (χ1n) is 7.91. The highest BCUT2D eigenvalue weighted by Gasteiger charge is 2.17. The van der Waals surface area contributed by atoms with Gasteiger partial charge in [0.1, 0.15) is 11.5 Å². The van der Waals surface area contributed by atoms with Crippen LogP contribution in [0.2, 0.25) is 0 Å². The molecule has 3 rings (SSSR count). The molecule has 3 aromatic rings. The Morgan fingerprint density at radius 3 is 2.24 bits per heavy atom. The van der Waals surface area contributed by atoms with Gasteiger partial charge in [0.05, 0.1) is 10.6 Å². The summed E-state index contributed by atoms with van der Waals surface area (Å²) in [6.07, 6.45) is 0. The minimum atomic E-state index is -3.65. The summed E-state index contributed by atoms with van der Waals surface area (Å²) >= 11 is 0. The SMILES string of the molecule is Cc1nc(-c2ccc(S(=O)(=O)Nc3cccc(C)c3C)cc2)c(C)o1. The van der Waals surface area contributed by atoms with Crippen LogP contribution in [0.5, 0.6) is 0 Å². The van der Waals surface area contributed by atoms with E-state index in [9.17, 15) is 8.42 Å². The molecule has 130 valence electrons. The van der Waals surface area contributed by atoms with Crippen LogP contribution in [0, 0.1) is 27.7 Å². The molecule has 25 heavy (non-hydrogen) atoms. The third-order valence-electron chi connectivity index (χ3n) is 4.19. The van der Waals surface area contributed by atoms with E-state index >= 15 is 0 Å². The van der Waals surface area contributed by atoms with Crippen LogP contribution in [0.1, 0.15) is 22.8 Å². The zero-order valence-corrected chi connectivity index (χ0v) is 15.4. The third kappa shape index (κ3) is 3.44. The number of nitrogens with one attached hydrogen (secondary N) is 1. The third-order valence-corrected chi connectivity index (χ3v) is 5.57. The number of aryl methyl sites for hydroxylation is 3. The summed E-state index contributed by atoms with van der Waals surface area (Å²) < 4.78 is 33.4. The summed E-state index contributed by atoms with van der Waals surface area (Å²) in [4.78, 5) is 4.53. The lowest BCUT2D eigenvalue weighted by Crippen LogP contribution is -2.14. The Morgan fingerprint density at radius 1 is 0.960 bits per heavy atom. The van der Waals surface area contributed by atoms with Crippen molar-refractivity contribution >= 4 is 15.7 Å². The number of sulfonamides is 1. The predicted octanol–water partition coefficient (Wildman–Crippen LogP) is 4.38. The van der Waals surface area contributed by atoms with Crippen LogP contribution < -0.4 is 4.72 Å². The molecular weight excluding hydrogens is 336 g/mol. The topological polar surface area (TPSA) is 72.2 Å². The number of benzene rings is 2. The summed E-state index contributed by atoms with van der Waals surface area (Å²) in [6.45, 7) is 7.46. The standard InChI is InChI=1S/C19H20N2O3S/c1-12-6-5-7-18(13(12)2)21-25(22,23)17-10-8-16(9-11-17)19-14(3)24-15(4)20-19/h5-11,21H,1-4H3. The van der Waals surface area contributed by atoms with Crippen molar-refractivity contribution in [1.29, 1.82) is 0 Å². The molecule has 0 aliphatic carbocycles. The van der Waals surface area contributed by atoms with Crippen molar-refractivity contribution in [3.63, 3.8) is 0 Å². The van der Waals surface area contributed by atoms with Gasteiger partial charge in [-0.25, -0.2) is 13.4 Å². The highest BCUT2D eigenvalue weighted by atomic mass is 32.2. The molecule has 0 saturated heterocycles. The Morgan fingerprint density at radius 2 is 1.64 bits per heavy atom. The first kappa shape index (κ1) is 17.2. The van der Waals surface area contributed by atoms with Gasteiger partial charge in [0.15, 0.2) is 5.89 Å². The van der Waals surface area contributed by atoms with Gasteiger partial charge in [0, 0.05) is 12.5 Å². The Hall–Kier alpha value is -2.60. The number of hydrogen-bond donors (Lipinski definition) is 1. The lowest BCUT2D eigenvalue weighted by Gasteiger charge is -2.12. The zero-order valence-electron chi connectivity index (χ0n) is 14.6. The second-order valence-corrected chi connectivity index (χ2v) is 7.70. The zero-order chi connectivity index (χ0) is 18.2. The molecule has 5 nitrogen and oxygen atoms in total. The summed E-state index contributed by atoms with van der Waals surface area (Å²) in [7, 11) is -3.65. The lowest BCUT2D eigenvalue weighted by atomic mass is 10.1. The molecule has 0 saturated carbocycles. The van der Waals surface area contributed by atoms with Gasteiger partial charge in [0.2, 0.25) is 0 Å². The van der Waals surface area contributed by atoms with Crippen LogP contribution in [0.3, 0.4) is 0 Å². The monoisotopic (exact) mass is 356 g/mol. The van der Waals surface area contributed by atoms with Gasteiger partial charge in [-0.1, -0.05) is 24.3 Å². The van der Waals surface area contributed by atoms with Gasteiger partial charge in [-0.3, -0.25) is 4.72 Å². The number of oxazole rings is 1. The van der Waals surface area contributed by atoms with Crippen molar-refractivity contribution in [2.24, 2.45) is 0 Å². The number of nitrogens with zero attached hydrogens (tertiary/aromatic N) is 1. The summed E-state index contributed by atoms with van der Waals surface area (Å²) in [5.74, 6) is 1.29. The van der Waals surface area contributed by atoms with E-state index in [-0.39, 0.29) is 4.90 Å². The Bertz CT molecular complexity index is 1020. The maximum atomic E-state index is 12.6. The quantitative estimate of drug-likeness (QED) is 0.753. The van der Waals surface area contributed by atoms with E-state index in [0.29, 0.717) is 17.3 Å². The van der Waals surface area contributed by atoms with Crippen molar-refractivity contribution < 1.29 is 12.8 Å². The van der Waals surface area contributed by atoms with Gasteiger partial charge in [-0.2, -0.15) is 0 Å². The fourth-order valence-electron chi connectivity index (χ4n) is 2.65. The van der Waals surface area contributed by atoms with Crippen LogP contribution in [0.4, 0.5) is 5.69 Å². The van der Waals surface area contributed by atoms with Gasteiger partial charge >= 0.3 is 0 Å². The maximum absolute atomic E-state index is 12.6. The van der Waals surface area contributed by atoms with Crippen LogP contribution in [0.15, 0.2) is 51.8 Å². The minimum absolute atomic E-state index is 0.204. The Balaban J connectivity index is 1.91. The van der Waals surface area contributed by atoms with E-state index in [2.05, 4.69) is 9.71 Å². The predicted molar refractivity (Wildman–Crippen MR) is 98.1 cm³/mol. The van der Waals surface area contributed by atoms with E-state index in [0.717, 1.165) is 22.4 Å². The molecular formula is C19H20N2O3S. The number of aromatic nitrogens is 1. The van der Waals surface area contributed by atoms with Crippen molar-refractivity contribution in [1.82, 2.24) is 4.98 Å². The molecule has 0 aliphatic heterocycles. The fourth-order valence-corrected chi connectivity index (χ4v) is 3.78. The van der Waals surface area contributed by atoms with Crippen LogP contribution in [-0.4, -0.2) is 13.4 Å². The summed E-state index contributed by atoms with van der Waals surface area (Å²) in [5.41, 5.74) is 4.08. The molecule has 0 atom stereocenters. The normalized spacial score (nSPS) is 11.5. The first-order chi connectivity index (χ1) is 11.8. The summed E-state index contributed by atoms with van der Waals surface area (Å²) in [6, 6.07) is 12.2. The molecule has 1 aromatic heterocycles. The van der Waals surface area contributed by atoms with E-state index in [4.69, 9.17) is 4.42 Å². The van der Waals surface area contributed by atoms with Crippen molar-refractivity contribution in [3.05, 3.63) is 65.2 Å². The smallest absolute Gasteiger partial charge is 0.261 e. The largest absolute Gasteiger partial charge is 0.446 e. The average Bonchev–Trinajstić information content (AvgIpc) is 2.90. The maximum Gasteiger partial charge on any atom is 0.261 e. The van der Waals surface area contributed by atoms with Crippen LogP contribution >= 0.6 is 0 Å². The molecule has 0 aliphatic rings. The Labute approximate surface area is 147 Å². The van der Waals surface area contributed by atoms with Gasteiger partial charge in [-0.15, -0.1) is 0 Å². The number of rotatable bonds is 4. The molecule has 1 heterocycles. The molecule has 0 amide bonds. The molecule has 6 heteroatoms. The highest BCUT2D eigenvalue weighted by Crippen LogP contribution is 2.26. The number of hydrogen-bond acceptors (Lipinski definition) is 4. The molecule has 0 unspecified atom stereocenters. The minimum Gasteiger partial charge on any atom is -0.446 e. The second kappa shape index (κ2) is 6.37. The molecule has 1 N–H and O–H groups in total. The van der Waals surface area contributed by atoms with Crippen LogP contribution in [-0.2, 0) is 10.0 Å². The highest BCUT2D eigenvalue weighted by molar-refractivity contribution is 7.92. The molecule has 0 bridgehead atoms. The average molecular weight is 356 g/mol. The molecule has 0 spiro atoms. The van der Waals surface area contributed by atoms with Crippen molar-refractivity contribution in [2.45, 2.75) is 32.6 Å². The first-order valence-corrected chi connectivity index (χ1v) is 9.40. The van der Waals surface area contributed by atoms with Crippen molar-refractivity contribution in [3.8, 4) is 11.3 Å². The molecule has 2 aromatic carbocycles. The van der Waals surface area contributed by atoms with Gasteiger partial charge in [0.25, 0.3) is 10.0 Å². The number of anilines is 1. The fraction of sp³-hybridized carbons (Fsp3) is 0.211. The van der Waals surface area contributed by atoms with E-state index in [1.165, 1.54) is 0 Å². The van der Waals surface area contributed by atoms with Gasteiger partial charge < -0.3 is 4.42 Å². The second-order valence-electron chi connectivity index (χ2n) is 6.02. The van der Waals surface area contributed by atoms with Crippen molar-refractivity contribution in [2.75, 3.05) is 4.72 Å². The molecule has 0 fully saturated rings. The molecule has 0 radical (unpaired) electrons. The van der Waals surface area contributed by atoms with E-state index in [1.54, 1.807) is 37.3 Å².